The summed E-state index contributed by atoms with van der Waals surface area (Å²) in [5.74, 6) is 0.378. The normalized spacial score (nSPS) is 17.6. The molecule has 0 aliphatic carbocycles. The average Bonchev–Trinajstić information content (AvgIpc) is 2.98. The van der Waals surface area contributed by atoms with Gasteiger partial charge in [-0.05, 0) is 11.6 Å². The van der Waals surface area contributed by atoms with Crippen LogP contribution in [0.5, 0.6) is 0 Å². The van der Waals surface area contributed by atoms with Gasteiger partial charge in [0.15, 0.2) is 5.13 Å². The average molecular weight is 259 g/mol. The molecule has 0 saturated carbocycles. The molecular formula is C13H13N3OS. The van der Waals surface area contributed by atoms with Crippen molar-refractivity contribution in [2.75, 3.05) is 16.8 Å². The highest BCUT2D eigenvalue weighted by atomic mass is 32.1. The second-order valence-corrected chi connectivity index (χ2v) is 5.23. The van der Waals surface area contributed by atoms with E-state index < -0.39 is 0 Å². The van der Waals surface area contributed by atoms with E-state index in [2.05, 4.69) is 23.3 Å². The number of para-hydroxylation sites is 1. The SMILES string of the molecule is C[C@H]1CN(C(=O)Nc2nccs2)c2ccccc21. The first-order valence-corrected chi connectivity index (χ1v) is 6.70. The van der Waals surface area contributed by atoms with Gasteiger partial charge in [-0.2, -0.15) is 0 Å². The number of hydrogen-bond donors (Lipinski definition) is 1. The summed E-state index contributed by atoms with van der Waals surface area (Å²) in [6.45, 7) is 2.85. The van der Waals surface area contributed by atoms with Gasteiger partial charge < -0.3 is 0 Å². The van der Waals surface area contributed by atoms with Crippen LogP contribution in [-0.2, 0) is 0 Å². The summed E-state index contributed by atoms with van der Waals surface area (Å²) < 4.78 is 0. The minimum absolute atomic E-state index is 0.109. The molecule has 92 valence electrons. The smallest absolute Gasteiger partial charge is 0.293 e. The van der Waals surface area contributed by atoms with Crippen LogP contribution in [0.2, 0.25) is 0 Å². The monoisotopic (exact) mass is 259 g/mol. The second kappa shape index (κ2) is 4.42. The fourth-order valence-corrected chi connectivity index (χ4v) is 2.78. The number of nitrogens with zero attached hydrogens (tertiary/aromatic N) is 2. The lowest BCUT2D eigenvalue weighted by Gasteiger charge is -2.17. The molecule has 4 nitrogen and oxygen atoms in total. The fraction of sp³-hybridized carbons (Fsp3) is 0.231. The zero-order valence-corrected chi connectivity index (χ0v) is 10.8. The molecule has 1 aromatic heterocycles. The lowest BCUT2D eigenvalue weighted by atomic mass is 10.0. The third-order valence-electron chi connectivity index (χ3n) is 3.11. The van der Waals surface area contributed by atoms with E-state index in [9.17, 15) is 4.79 Å². The standard InChI is InChI=1S/C13H13N3OS/c1-9-8-16(11-5-3-2-4-10(9)11)13(17)15-12-14-6-7-18-12/h2-7,9H,8H2,1H3,(H,14,15,17)/t9-/m0/s1. The van der Waals surface area contributed by atoms with Crippen molar-refractivity contribution in [2.24, 2.45) is 0 Å². The van der Waals surface area contributed by atoms with Gasteiger partial charge in [-0.1, -0.05) is 25.1 Å². The van der Waals surface area contributed by atoms with Gasteiger partial charge in [0.2, 0.25) is 0 Å². The molecular weight excluding hydrogens is 246 g/mol. The molecule has 0 spiro atoms. The van der Waals surface area contributed by atoms with E-state index in [0.717, 1.165) is 12.2 Å². The third-order valence-corrected chi connectivity index (χ3v) is 3.79. The number of aromatic nitrogens is 1. The predicted molar refractivity (Wildman–Crippen MR) is 73.3 cm³/mol. The Kier molecular flexibility index (Phi) is 2.76. The van der Waals surface area contributed by atoms with Crippen LogP contribution in [0, 0.1) is 0 Å². The topological polar surface area (TPSA) is 45.2 Å². The van der Waals surface area contributed by atoms with Gasteiger partial charge in [-0.15, -0.1) is 11.3 Å². The Hall–Kier alpha value is -1.88. The number of carbonyl (C=O) groups excluding carboxylic acids is 1. The fourth-order valence-electron chi connectivity index (χ4n) is 2.26. The predicted octanol–water partition coefficient (Wildman–Crippen LogP) is 3.30. The molecule has 1 N–H and O–H groups in total. The number of nitrogens with one attached hydrogen (secondary N) is 1. The van der Waals surface area contributed by atoms with Crippen LogP contribution in [0.3, 0.4) is 0 Å². The van der Waals surface area contributed by atoms with Crippen LogP contribution in [0.4, 0.5) is 15.6 Å². The number of benzene rings is 1. The van der Waals surface area contributed by atoms with Crippen molar-refractivity contribution in [1.29, 1.82) is 0 Å². The molecule has 0 fully saturated rings. The molecule has 1 aliphatic heterocycles. The number of anilines is 2. The van der Waals surface area contributed by atoms with Crippen molar-refractivity contribution in [3.63, 3.8) is 0 Å². The number of hydrogen-bond acceptors (Lipinski definition) is 3. The van der Waals surface area contributed by atoms with Gasteiger partial charge in [-0.3, -0.25) is 10.2 Å². The Morgan fingerprint density at radius 3 is 3.11 bits per heavy atom. The summed E-state index contributed by atoms with van der Waals surface area (Å²) in [6, 6.07) is 7.93. The van der Waals surface area contributed by atoms with E-state index in [0.29, 0.717) is 11.0 Å². The van der Waals surface area contributed by atoms with Crippen LogP contribution >= 0.6 is 11.3 Å². The van der Waals surface area contributed by atoms with Crippen molar-refractivity contribution < 1.29 is 4.79 Å². The number of urea groups is 1. The zero-order valence-electron chi connectivity index (χ0n) is 9.96. The lowest BCUT2D eigenvalue weighted by Crippen LogP contribution is -2.33. The van der Waals surface area contributed by atoms with Crippen LogP contribution in [0.15, 0.2) is 35.8 Å². The molecule has 3 rings (SSSR count). The summed E-state index contributed by atoms with van der Waals surface area (Å²) >= 11 is 1.42. The molecule has 18 heavy (non-hydrogen) atoms. The largest absolute Gasteiger partial charge is 0.328 e. The molecule has 2 amide bonds. The molecule has 0 saturated heterocycles. The Labute approximate surface area is 109 Å². The first-order valence-electron chi connectivity index (χ1n) is 5.82. The highest BCUT2D eigenvalue weighted by molar-refractivity contribution is 7.13. The van der Waals surface area contributed by atoms with Crippen LogP contribution in [0.25, 0.3) is 0 Å². The quantitative estimate of drug-likeness (QED) is 0.854. The molecule has 1 aromatic carbocycles. The highest BCUT2D eigenvalue weighted by Crippen LogP contribution is 2.35. The van der Waals surface area contributed by atoms with Gasteiger partial charge in [0, 0.05) is 29.7 Å². The van der Waals surface area contributed by atoms with Crippen LogP contribution in [0.1, 0.15) is 18.4 Å². The first kappa shape index (κ1) is 11.2. The van der Waals surface area contributed by atoms with Gasteiger partial charge in [-0.25, -0.2) is 9.78 Å². The maximum Gasteiger partial charge on any atom is 0.328 e. The first-order chi connectivity index (χ1) is 8.75. The minimum atomic E-state index is -0.109. The Morgan fingerprint density at radius 1 is 1.50 bits per heavy atom. The molecule has 2 aromatic rings. The van der Waals surface area contributed by atoms with E-state index in [1.807, 2.05) is 23.6 Å². The van der Waals surface area contributed by atoms with E-state index in [1.54, 1.807) is 11.1 Å². The number of carbonyl (C=O) groups is 1. The maximum absolute atomic E-state index is 12.2. The zero-order chi connectivity index (χ0) is 12.5. The minimum Gasteiger partial charge on any atom is -0.293 e. The molecule has 2 heterocycles. The number of amides is 2. The van der Waals surface area contributed by atoms with Gasteiger partial charge in [0.25, 0.3) is 0 Å². The second-order valence-electron chi connectivity index (χ2n) is 4.34. The number of rotatable bonds is 1. The molecule has 5 heteroatoms. The van der Waals surface area contributed by atoms with E-state index in [1.165, 1.54) is 16.9 Å². The third kappa shape index (κ3) is 1.86. The van der Waals surface area contributed by atoms with E-state index >= 15 is 0 Å². The van der Waals surface area contributed by atoms with Crippen molar-refractivity contribution in [3.8, 4) is 0 Å². The van der Waals surface area contributed by atoms with Gasteiger partial charge in [0.05, 0.1) is 0 Å². The van der Waals surface area contributed by atoms with Crippen molar-refractivity contribution in [1.82, 2.24) is 4.98 Å². The van der Waals surface area contributed by atoms with Crippen molar-refractivity contribution in [2.45, 2.75) is 12.8 Å². The summed E-state index contributed by atoms with van der Waals surface area (Å²) in [7, 11) is 0. The Morgan fingerprint density at radius 2 is 2.33 bits per heavy atom. The summed E-state index contributed by atoms with van der Waals surface area (Å²) in [4.78, 5) is 18.0. The molecule has 1 aliphatic rings. The van der Waals surface area contributed by atoms with E-state index in [-0.39, 0.29) is 6.03 Å². The highest BCUT2D eigenvalue weighted by Gasteiger charge is 2.29. The summed E-state index contributed by atoms with van der Waals surface area (Å²) in [6.07, 6.45) is 1.68. The van der Waals surface area contributed by atoms with Crippen LogP contribution in [-0.4, -0.2) is 17.6 Å². The molecule has 0 unspecified atom stereocenters. The van der Waals surface area contributed by atoms with E-state index in [4.69, 9.17) is 0 Å². The van der Waals surface area contributed by atoms with Gasteiger partial charge >= 0.3 is 6.03 Å². The maximum atomic E-state index is 12.2. The Bertz CT molecular complexity index is 567. The molecule has 0 radical (unpaired) electrons. The summed E-state index contributed by atoms with van der Waals surface area (Å²) in [5.41, 5.74) is 2.23. The Balaban J connectivity index is 1.84. The molecule has 1 atom stereocenters. The number of fused-ring (bicyclic) bond motifs is 1. The lowest BCUT2D eigenvalue weighted by molar-refractivity contribution is 0.257. The summed E-state index contributed by atoms with van der Waals surface area (Å²) in [5, 5.41) is 5.30. The van der Waals surface area contributed by atoms with Crippen molar-refractivity contribution >= 4 is 28.2 Å². The van der Waals surface area contributed by atoms with Crippen molar-refractivity contribution in [3.05, 3.63) is 41.4 Å². The van der Waals surface area contributed by atoms with Gasteiger partial charge in [0.1, 0.15) is 0 Å². The van der Waals surface area contributed by atoms with Crippen LogP contribution < -0.4 is 10.2 Å². The number of thiazole rings is 1. The molecule has 0 bridgehead atoms.